The third kappa shape index (κ3) is 5.78. The summed E-state index contributed by atoms with van der Waals surface area (Å²) in [6.07, 6.45) is 0.974. The summed E-state index contributed by atoms with van der Waals surface area (Å²) in [6, 6.07) is 7.44. The number of amides is 1. The number of rotatable bonds is 6. The van der Waals surface area contributed by atoms with Crippen LogP contribution in [0.1, 0.15) is 39.7 Å². The standard InChI is InChI=1S/C21H34FN3O/c1-16(2)20-14-25(21(26)15-23(5)17(3)4)12-6-11-24(20)13-18-7-9-19(22)10-8-18/h7-10,16-17,20H,6,11-15H2,1-5H3/t20-/m0/s1. The number of hydrogen-bond donors (Lipinski definition) is 0. The lowest BCUT2D eigenvalue weighted by atomic mass is 10.0. The van der Waals surface area contributed by atoms with Crippen LogP contribution in [0.3, 0.4) is 0 Å². The summed E-state index contributed by atoms with van der Waals surface area (Å²) in [4.78, 5) is 19.3. The number of nitrogens with zero attached hydrogens (tertiary/aromatic N) is 3. The zero-order valence-corrected chi connectivity index (χ0v) is 16.9. The average molecular weight is 364 g/mol. The zero-order valence-electron chi connectivity index (χ0n) is 16.9. The van der Waals surface area contributed by atoms with Gasteiger partial charge in [0.15, 0.2) is 0 Å². The molecular weight excluding hydrogens is 329 g/mol. The Morgan fingerprint density at radius 3 is 2.42 bits per heavy atom. The van der Waals surface area contributed by atoms with Crippen LogP contribution in [0, 0.1) is 11.7 Å². The number of likely N-dealkylation sites (N-methyl/N-ethyl adjacent to an activating group) is 1. The van der Waals surface area contributed by atoms with Crippen LogP contribution in [-0.2, 0) is 11.3 Å². The second-order valence-corrected chi connectivity index (χ2v) is 8.11. The number of hydrogen-bond acceptors (Lipinski definition) is 3. The van der Waals surface area contributed by atoms with Crippen molar-refractivity contribution in [3.63, 3.8) is 0 Å². The third-order valence-electron chi connectivity index (χ3n) is 5.44. The molecule has 0 aliphatic carbocycles. The fourth-order valence-electron chi connectivity index (χ4n) is 3.44. The molecule has 26 heavy (non-hydrogen) atoms. The molecule has 0 radical (unpaired) electrons. The summed E-state index contributed by atoms with van der Waals surface area (Å²) in [5.74, 6) is 0.471. The molecule has 5 heteroatoms. The molecule has 0 bridgehead atoms. The molecular formula is C21H34FN3O. The predicted molar refractivity (Wildman–Crippen MR) is 104 cm³/mol. The summed E-state index contributed by atoms with van der Waals surface area (Å²) in [7, 11) is 2.00. The number of carbonyl (C=O) groups is 1. The van der Waals surface area contributed by atoms with Crippen molar-refractivity contribution >= 4 is 5.91 Å². The summed E-state index contributed by atoms with van der Waals surface area (Å²) in [5, 5.41) is 0. The van der Waals surface area contributed by atoms with Crippen molar-refractivity contribution in [2.24, 2.45) is 5.92 Å². The summed E-state index contributed by atoms with van der Waals surface area (Å²) in [5.41, 5.74) is 1.12. The lowest BCUT2D eigenvalue weighted by molar-refractivity contribution is -0.133. The van der Waals surface area contributed by atoms with Gasteiger partial charge in [-0.3, -0.25) is 14.6 Å². The van der Waals surface area contributed by atoms with Crippen molar-refractivity contribution < 1.29 is 9.18 Å². The van der Waals surface area contributed by atoms with Gasteiger partial charge in [0.1, 0.15) is 5.82 Å². The highest BCUT2D eigenvalue weighted by atomic mass is 19.1. The first kappa shape index (κ1) is 20.8. The van der Waals surface area contributed by atoms with Gasteiger partial charge in [-0.1, -0.05) is 26.0 Å². The Balaban J connectivity index is 2.06. The van der Waals surface area contributed by atoms with Crippen molar-refractivity contribution in [2.75, 3.05) is 33.2 Å². The molecule has 0 spiro atoms. The van der Waals surface area contributed by atoms with Crippen LogP contribution in [0.4, 0.5) is 4.39 Å². The summed E-state index contributed by atoms with van der Waals surface area (Å²) >= 11 is 0. The van der Waals surface area contributed by atoms with Crippen LogP contribution < -0.4 is 0 Å². The van der Waals surface area contributed by atoms with Gasteiger partial charge in [0.2, 0.25) is 5.91 Å². The molecule has 0 aromatic heterocycles. The van der Waals surface area contributed by atoms with Crippen molar-refractivity contribution in [1.29, 1.82) is 0 Å². The van der Waals surface area contributed by atoms with Gasteiger partial charge >= 0.3 is 0 Å². The van der Waals surface area contributed by atoms with E-state index in [1.54, 1.807) is 0 Å². The second kappa shape index (κ2) is 9.47. The minimum Gasteiger partial charge on any atom is -0.340 e. The zero-order chi connectivity index (χ0) is 19.3. The monoisotopic (exact) mass is 363 g/mol. The molecule has 0 N–H and O–H groups in total. The van der Waals surface area contributed by atoms with Crippen molar-refractivity contribution in [3.05, 3.63) is 35.6 Å². The molecule has 1 aliphatic rings. The highest BCUT2D eigenvalue weighted by Crippen LogP contribution is 2.20. The van der Waals surface area contributed by atoms with E-state index < -0.39 is 0 Å². The van der Waals surface area contributed by atoms with E-state index in [4.69, 9.17) is 0 Å². The number of halogens is 1. The molecule has 1 fully saturated rings. The van der Waals surface area contributed by atoms with Gasteiger partial charge in [-0.15, -0.1) is 0 Å². The minimum absolute atomic E-state index is 0.198. The maximum Gasteiger partial charge on any atom is 0.236 e. The average Bonchev–Trinajstić information content (AvgIpc) is 2.79. The minimum atomic E-state index is -0.198. The van der Waals surface area contributed by atoms with E-state index in [-0.39, 0.29) is 11.7 Å². The molecule has 1 saturated heterocycles. The Morgan fingerprint density at radius 2 is 1.85 bits per heavy atom. The smallest absolute Gasteiger partial charge is 0.236 e. The van der Waals surface area contributed by atoms with Gasteiger partial charge in [-0.05, 0) is 50.9 Å². The first-order chi connectivity index (χ1) is 12.3. The van der Waals surface area contributed by atoms with E-state index in [2.05, 4.69) is 37.5 Å². The van der Waals surface area contributed by atoms with Gasteiger partial charge in [0.25, 0.3) is 0 Å². The van der Waals surface area contributed by atoms with Crippen molar-refractivity contribution in [1.82, 2.24) is 14.7 Å². The Hall–Kier alpha value is -1.46. The Morgan fingerprint density at radius 1 is 1.19 bits per heavy atom. The van der Waals surface area contributed by atoms with E-state index in [1.165, 1.54) is 12.1 Å². The summed E-state index contributed by atoms with van der Waals surface area (Å²) < 4.78 is 13.2. The molecule has 146 valence electrons. The second-order valence-electron chi connectivity index (χ2n) is 8.11. The van der Waals surface area contributed by atoms with Crippen molar-refractivity contribution in [2.45, 2.75) is 52.7 Å². The predicted octanol–water partition coefficient (Wildman–Crippen LogP) is 3.22. The molecule has 1 atom stereocenters. The highest BCUT2D eigenvalue weighted by Gasteiger charge is 2.29. The topological polar surface area (TPSA) is 26.8 Å². The number of carbonyl (C=O) groups excluding carboxylic acids is 1. The fourth-order valence-corrected chi connectivity index (χ4v) is 3.44. The SMILES string of the molecule is CC(C)[C@@H]1CN(C(=O)CN(C)C(C)C)CCCN1Cc1ccc(F)cc1. The van der Waals surface area contributed by atoms with Crippen LogP contribution >= 0.6 is 0 Å². The molecule has 4 nitrogen and oxygen atoms in total. The van der Waals surface area contributed by atoms with Crippen LogP contribution in [0.2, 0.25) is 0 Å². The Labute approximate surface area is 158 Å². The summed E-state index contributed by atoms with van der Waals surface area (Å²) in [6.45, 7) is 12.5. The van der Waals surface area contributed by atoms with E-state index in [0.29, 0.717) is 24.5 Å². The van der Waals surface area contributed by atoms with Gasteiger partial charge in [-0.2, -0.15) is 0 Å². The first-order valence-electron chi connectivity index (χ1n) is 9.74. The van der Waals surface area contributed by atoms with E-state index in [0.717, 1.165) is 38.2 Å². The van der Waals surface area contributed by atoms with Gasteiger partial charge in [0.05, 0.1) is 6.54 Å². The normalized spacial score (nSPS) is 19.4. The van der Waals surface area contributed by atoms with Crippen LogP contribution in [0.25, 0.3) is 0 Å². The van der Waals surface area contributed by atoms with Gasteiger partial charge in [0, 0.05) is 38.3 Å². The number of benzene rings is 1. The molecule has 1 aromatic rings. The molecule has 1 amide bonds. The third-order valence-corrected chi connectivity index (χ3v) is 5.44. The van der Waals surface area contributed by atoms with Crippen LogP contribution in [0.5, 0.6) is 0 Å². The highest BCUT2D eigenvalue weighted by molar-refractivity contribution is 5.78. The first-order valence-corrected chi connectivity index (χ1v) is 9.74. The fraction of sp³-hybridized carbons (Fsp3) is 0.667. The largest absolute Gasteiger partial charge is 0.340 e. The van der Waals surface area contributed by atoms with Crippen LogP contribution in [0.15, 0.2) is 24.3 Å². The molecule has 0 unspecified atom stereocenters. The maximum absolute atomic E-state index is 13.2. The molecule has 1 aliphatic heterocycles. The van der Waals surface area contributed by atoms with Gasteiger partial charge in [-0.25, -0.2) is 4.39 Å². The van der Waals surface area contributed by atoms with Crippen LogP contribution in [-0.4, -0.2) is 65.9 Å². The Bertz CT molecular complexity index is 573. The maximum atomic E-state index is 13.2. The molecule has 1 aromatic carbocycles. The van der Waals surface area contributed by atoms with Crippen molar-refractivity contribution in [3.8, 4) is 0 Å². The lowest BCUT2D eigenvalue weighted by Crippen LogP contribution is -2.48. The molecule has 1 heterocycles. The quantitative estimate of drug-likeness (QED) is 0.776. The molecule has 0 saturated carbocycles. The van der Waals surface area contributed by atoms with Gasteiger partial charge < -0.3 is 4.90 Å². The van der Waals surface area contributed by atoms with E-state index in [9.17, 15) is 9.18 Å². The van der Waals surface area contributed by atoms with E-state index >= 15 is 0 Å². The molecule has 2 rings (SSSR count). The lowest BCUT2D eigenvalue weighted by Gasteiger charge is -2.35. The van der Waals surface area contributed by atoms with E-state index in [1.807, 2.05) is 24.1 Å². The Kier molecular flexibility index (Phi) is 7.59.